The zero-order valence-corrected chi connectivity index (χ0v) is 18.0. The lowest BCUT2D eigenvalue weighted by molar-refractivity contribution is -0.147. The van der Waals surface area contributed by atoms with Crippen molar-refractivity contribution >= 4 is 11.8 Å². The average molecular weight is 443 g/mol. The van der Waals surface area contributed by atoms with Crippen molar-refractivity contribution in [2.45, 2.75) is 56.0 Å². The lowest BCUT2D eigenvalue weighted by Crippen LogP contribution is -2.57. The fraction of sp³-hybridized carbons (Fsp3) is 0.583. The van der Waals surface area contributed by atoms with Gasteiger partial charge in [0.1, 0.15) is 24.1 Å². The van der Waals surface area contributed by atoms with E-state index < -0.39 is 30.3 Å². The van der Waals surface area contributed by atoms with Gasteiger partial charge in [0.05, 0.1) is 18.6 Å². The fourth-order valence-electron chi connectivity index (χ4n) is 5.09. The van der Waals surface area contributed by atoms with Gasteiger partial charge in [-0.25, -0.2) is 0 Å². The second kappa shape index (κ2) is 8.84. The van der Waals surface area contributed by atoms with Crippen molar-refractivity contribution in [2.75, 3.05) is 26.3 Å². The molecule has 1 saturated carbocycles. The lowest BCUT2D eigenvalue weighted by atomic mass is 9.77. The second-order valence-corrected chi connectivity index (χ2v) is 9.12. The van der Waals surface area contributed by atoms with Crippen LogP contribution in [-0.2, 0) is 14.3 Å². The Morgan fingerprint density at radius 2 is 2.00 bits per heavy atom. The Labute approximate surface area is 187 Å². The molecule has 0 radical (unpaired) electrons. The van der Waals surface area contributed by atoms with Crippen LogP contribution in [0.5, 0.6) is 5.75 Å². The molecule has 3 N–H and O–H groups in total. The van der Waals surface area contributed by atoms with Crippen LogP contribution in [-0.4, -0.2) is 77.6 Å². The summed E-state index contributed by atoms with van der Waals surface area (Å²) in [5.74, 6) is 0.173. The zero-order chi connectivity index (χ0) is 22.2. The van der Waals surface area contributed by atoms with Crippen molar-refractivity contribution in [3.63, 3.8) is 0 Å². The number of carbonyl (C=O) groups is 2. The molecule has 1 aromatic carbocycles. The van der Waals surface area contributed by atoms with E-state index in [-0.39, 0.29) is 25.0 Å². The monoisotopic (exact) mass is 442 g/mol. The lowest BCUT2D eigenvalue weighted by Gasteiger charge is -2.41. The molecular weight excluding hydrogens is 412 g/mol. The number of rotatable bonds is 7. The van der Waals surface area contributed by atoms with Crippen LogP contribution < -0.4 is 10.1 Å². The van der Waals surface area contributed by atoms with Gasteiger partial charge in [-0.15, -0.1) is 0 Å². The van der Waals surface area contributed by atoms with Gasteiger partial charge in [-0.3, -0.25) is 9.59 Å². The SMILES string of the molecule is O=C(NCCO)C1=CC(N(CC2CC2)C(=O)C2CCCO2)C(O)C2Oc3ccccc3C12. The minimum absolute atomic E-state index is 0.126. The van der Waals surface area contributed by atoms with Crippen molar-refractivity contribution < 1.29 is 29.3 Å². The summed E-state index contributed by atoms with van der Waals surface area (Å²) in [5, 5.41) is 23.3. The molecule has 5 unspecified atom stereocenters. The van der Waals surface area contributed by atoms with Gasteiger partial charge < -0.3 is 29.9 Å². The summed E-state index contributed by atoms with van der Waals surface area (Å²) < 4.78 is 11.8. The van der Waals surface area contributed by atoms with Crippen molar-refractivity contribution in [3.05, 3.63) is 41.5 Å². The van der Waals surface area contributed by atoms with Crippen LogP contribution in [0.4, 0.5) is 0 Å². The highest BCUT2D eigenvalue weighted by Crippen LogP contribution is 2.47. The maximum Gasteiger partial charge on any atom is 0.252 e. The van der Waals surface area contributed by atoms with Gasteiger partial charge in [-0.2, -0.15) is 0 Å². The fourth-order valence-corrected chi connectivity index (χ4v) is 5.09. The number of benzene rings is 1. The van der Waals surface area contributed by atoms with Gasteiger partial charge in [-0.1, -0.05) is 18.2 Å². The molecule has 1 aromatic rings. The first-order valence-electron chi connectivity index (χ1n) is 11.5. The van der Waals surface area contributed by atoms with Crippen molar-refractivity contribution in [1.29, 1.82) is 0 Å². The van der Waals surface area contributed by atoms with Crippen LogP contribution in [0, 0.1) is 5.92 Å². The van der Waals surface area contributed by atoms with E-state index in [0.29, 0.717) is 36.8 Å². The van der Waals surface area contributed by atoms with E-state index in [1.807, 2.05) is 24.3 Å². The number of aliphatic hydroxyl groups is 2. The molecule has 4 aliphatic rings. The summed E-state index contributed by atoms with van der Waals surface area (Å²) in [6.07, 6.45) is 3.21. The van der Waals surface area contributed by atoms with Gasteiger partial charge >= 0.3 is 0 Å². The van der Waals surface area contributed by atoms with Crippen LogP contribution >= 0.6 is 0 Å². The van der Waals surface area contributed by atoms with E-state index in [1.165, 1.54) is 0 Å². The zero-order valence-electron chi connectivity index (χ0n) is 18.0. The normalized spacial score (nSPS) is 30.7. The largest absolute Gasteiger partial charge is 0.486 e. The predicted molar refractivity (Wildman–Crippen MR) is 115 cm³/mol. The standard InChI is InChI=1S/C24H30N2O6/c27-10-9-25-23(29)16-12-17(21(28)22-20(16)15-4-1-2-5-18(15)32-22)26(13-14-7-8-14)24(30)19-6-3-11-31-19/h1-2,4-5,12,14,17,19-22,27-28H,3,6-11,13H2,(H,25,29). The molecule has 1 saturated heterocycles. The number of ether oxygens (including phenoxy) is 2. The Hall–Kier alpha value is -2.42. The quantitative estimate of drug-likeness (QED) is 0.575. The van der Waals surface area contributed by atoms with E-state index in [1.54, 1.807) is 11.0 Å². The molecule has 0 bridgehead atoms. The smallest absolute Gasteiger partial charge is 0.252 e. The number of nitrogens with zero attached hydrogens (tertiary/aromatic N) is 1. The molecule has 0 spiro atoms. The maximum atomic E-state index is 13.4. The summed E-state index contributed by atoms with van der Waals surface area (Å²) in [5.41, 5.74) is 1.31. The Morgan fingerprint density at radius 3 is 2.72 bits per heavy atom. The topological polar surface area (TPSA) is 108 Å². The second-order valence-electron chi connectivity index (χ2n) is 9.12. The number of hydrogen-bond acceptors (Lipinski definition) is 6. The third-order valence-electron chi connectivity index (χ3n) is 6.88. The molecule has 2 heterocycles. The van der Waals surface area contributed by atoms with Gasteiger partial charge in [0.25, 0.3) is 5.91 Å². The predicted octanol–water partition coefficient (Wildman–Crippen LogP) is 0.727. The van der Waals surface area contributed by atoms with Crippen LogP contribution in [0.15, 0.2) is 35.9 Å². The third-order valence-corrected chi connectivity index (χ3v) is 6.88. The Bertz CT molecular complexity index is 908. The summed E-state index contributed by atoms with van der Waals surface area (Å²) in [4.78, 5) is 28.2. The molecular formula is C24H30N2O6. The van der Waals surface area contributed by atoms with E-state index in [9.17, 15) is 19.8 Å². The van der Waals surface area contributed by atoms with Crippen molar-refractivity contribution in [3.8, 4) is 5.75 Å². The molecule has 172 valence electrons. The molecule has 2 aliphatic carbocycles. The first kappa shape index (κ1) is 21.4. The number of amides is 2. The third kappa shape index (κ3) is 3.91. The first-order chi connectivity index (χ1) is 15.6. The van der Waals surface area contributed by atoms with Gasteiger partial charge in [0.15, 0.2) is 0 Å². The molecule has 8 heteroatoms. The molecule has 0 aromatic heterocycles. The van der Waals surface area contributed by atoms with Gasteiger partial charge in [0.2, 0.25) is 5.91 Å². The molecule has 2 amide bonds. The number of carbonyl (C=O) groups excluding carboxylic acids is 2. The maximum absolute atomic E-state index is 13.4. The highest BCUT2D eigenvalue weighted by atomic mass is 16.5. The highest BCUT2D eigenvalue weighted by Gasteiger charge is 2.51. The number of nitrogens with one attached hydrogen (secondary N) is 1. The van der Waals surface area contributed by atoms with Crippen LogP contribution in [0.1, 0.15) is 37.2 Å². The molecule has 5 rings (SSSR count). The van der Waals surface area contributed by atoms with Crippen molar-refractivity contribution in [2.24, 2.45) is 5.92 Å². The summed E-state index contributed by atoms with van der Waals surface area (Å²) in [7, 11) is 0. The Morgan fingerprint density at radius 1 is 1.19 bits per heavy atom. The van der Waals surface area contributed by atoms with Crippen LogP contribution in [0.3, 0.4) is 0 Å². The Kier molecular flexibility index (Phi) is 5.92. The average Bonchev–Trinajstić information content (AvgIpc) is 3.30. The van der Waals surface area contributed by atoms with Crippen molar-refractivity contribution in [1.82, 2.24) is 10.2 Å². The van der Waals surface area contributed by atoms with E-state index >= 15 is 0 Å². The number of fused-ring (bicyclic) bond motifs is 3. The van der Waals surface area contributed by atoms with Gasteiger partial charge in [0, 0.05) is 30.8 Å². The first-order valence-corrected chi connectivity index (χ1v) is 11.5. The molecule has 2 aliphatic heterocycles. The van der Waals surface area contributed by atoms with Crippen LogP contribution in [0.25, 0.3) is 0 Å². The minimum atomic E-state index is -0.981. The number of aliphatic hydroxyl groups excluding tert-OH is 2. The van der Waals surface area contributed by atoms with E-state index in [2.05, 4.69) is 5.32 Å². The number of hydrogen-bond donors (Lipinski definition) is 3. The molecule has 2 fully saturated rings. The van der Waals surface area contributed by atoms with E-state index in [0.717, 1.165) is 24.8 Å². The summed E-state index contributed by atoms with van der Waals surface area (Å²) >= 11 is 0. The molecule has 5 atom stereocenters. The number of para-hydroxylation sites is 1. The highest BCUT2D eigenvalue weighted by molar-refractivity contribution is 5.96. The van der Waals surface area contributed by atoms with E-state index in [4.69, 9.17) is 9.47 Å². The molecule has 8 nitrogen and oxygen atoms in total. The Balaban J connectivity index is 1.51. The van der Waals surface area contributed by atoms with Gasteiger partial charge in [-0.05, 0) is 43.7 Å². The minimum Gasteiger partial charge on any atom is -0.486 e. The summed E-state index contributed by atoms with van der Waals surface area (Å²) in [6.45, 7) is 1.06. The molecule has 32 heavy (non-hydrogen) atoms. The van der Waals surface area contributed by atoms with Crippen LogP contribution in [0.2, 0.25) is 0 Å². The summed E-state index contributed by atoms with van der Waals surface area (Å²) in [6, 6.07) is 6.79.